The summed E-state index contributed by atoms with van der Waals surface area (Å²) in [6.07, 6.45) is -0.912. The number of aliphatic hydroxyl groups is 1. The van der Waals surface area contributed by atoms with Gasteiger partial charge >= 0.3 is 0 Å². The molecule has 0 radical (unpaired) electrons. The molecule has 0 spiro atoms. The maximum Gasteiger partial charge on any atom is 0.244 e. The number of nitrogen functional groups attached to an aromatic ring is 1. The first-order chi connectivity index (χ1) is 8.78. The Balaban J connectivity index is 3.00. The Bertz CT molecular complexity index is 535. The van der Waals surface area contributed by atoms with Crippen LogP contribution in [-0.4, -0.2) is 51.2 Å². The molecule has 1 aromatic rings. The van der Waals surface area contributed by atoms with Crippen LogP contribution in [0, 0.1) is 0 Å². The third kappa shape index (κ3) is 4.05. The first-order valence-electron chi connectivity index (χ1n) is 5.47. The summed E-state index contributed by atoms with van der Waals surface area (Å²) in [5.41, 5.74) is 5.86. The molecule has 1 atom stereocenters. The van der Waals surface area contributed by atoms with E-state index in [2.05, 4.69) is 0 Å². The van der Waals surface area contributed by atoms with Crippen LogP contribution in [0.1, 0.15) is 0 Å². The first kappa shape index (κ1) is 16.2. The van der Waals surface area contributed by atoms with E-state index in [9.17, 15) is 13.5 Å². The van der Waals surface area contributed by atoms with E-state index in [0.717, 1.165) is 4.31 Å². The topological polar surface area (TPSA) is 92.9 Å². The Labute approximate surface area is 117 Å². The van der Waals surface area contributed by atoms with Crippen molar-refractivity contribution < 1.29 is 18.3 Å². The maximum absolute atomic E-state index is 12.3. The monoisotopic (exact) mass is 308 g/mol. The van der Waals surface area contributed by atoms with E-state index in [0.29, 0.717) is 5.69 Å². The fourth-order valence-electron chi connectivity index (χ4n) is 1.53. The molecule has 108 valence electrons. The normalized spacial score (nSPS) is 13.7. The Kier molecular flexibility index (Phi) is 5.57. The van der Waals surface area contributed by atoms with Crippen LogP contribution in [0.4, 0.5) is 5.69 Å². The molecule has 0 aliphatic heterocycles. The minimum Gasteiger partial charge on any atom is -0.399 e. The van der Waals surface area contributed by atoms with Gasteiger partial charge in [-0.1, -0.05) is 11.6 Å². The highest BCUT2D eigenvalue weighted by Gasteiger charge is 2.25. The Morgan fingerprint density at radius 1 is 1.53 bits per heavy atom. The van der Waals surface area contributed by atoms with E-state index in [-0.39, 0.29) is 23.1 Å². The van der Waals surface area contributed by atoms with Crippen LogP contribution in [0.2, 0.25) is 5.02 Å². The average Bonchev–Trinajstić information content (AvgIpc) is 2.32. The molecule has 0 bridgehead atoms. The molecule has 0 heterocycles. The van der Waals surface area contributed by atoms with Crippen molar-refractivity contribution in [1.29, 1.82) is 0 Å². The van der Waals surface area contributed by atoms with Gasteiger partial charge in [0.25, 0.3) is 0 Å². The lowest BCUT2D eigenvalue weighted by Crippen LogP contribution is -2.36. The van der Waals surface area contributed by atoms with Crippen LogP contribution in [0.5, 0.6) is 0 Å². The quantitative estimate of drug-likeness (QED) is 0.749. The lowest BCUT2D eigenvalue weighted by atomic mass is 10.3. The van der Waals surface area contributed by atoms with Crippen molar-refractivity contribution in [2.75, 3.05) is 33.0 Å². The predicted octanol–water partition coefficient (Wildman–Crippen LogP) is 0.550. The average molecular weight is 309 g/mol. The van der Waals surface area contributed by atoms with Crippen LogP contribution in [0.15, 0.2) is 23.1 Å². The summed E-state index contributed by atoms with van der Waals surface area (Å²) in [6.45, 7) is -0.0498. The molecule has 0 saturated heterocycles. The van der Waals surface area contributed by atoms with Gasteiger partial charge in [0, 0.05) is 26.4 Å². The van der Waals surface area contributed by atoms with E-state index in [4.69, 9.17) is 22.1 Å². The molecule has 6 nitrogen and oxygen atoms in total. The number of halogens is 1. The van der Waals surface area contributed by atoms with Crippen LogP contribution in [0.25, 0.3) is 0 Å². The third-order valence-electron chi connectivity index (χ3n) is 2.47. The van der Waals surface area contributed by atoms with Gasteiger partial charge in [-0.2, -0.15) is 4.31 Å². The zero-order chi connectivity index (χ0) is 14.6. The highest BCUT2D eigenvalue weighted by Crippen LogP contribution is 2.26. The molecule has 0 amide bonds. The fourth-order valence-corrected chi connectivity index (χ4v) is 3.24. The molecule has 1 aromatic carbocycles. The summed E-state index contributed by atoms with van der Waals surface area (Å²) < 4.78 is 30.3. The lowest BCUT2D eigenvalue weighted by molar-refractivity contribution is 0.0554. The number of benzene rings is 1. The standard InChI is InChI=1S/C11H17ClN2O4S/c1-14(6-9(15)7-18-2)19(16,17)11-5-8(13)3-4-10(11)12/h3-5,9,15H,6-7,13H2,1-2H3. The van der Waals surface area contributed by atoms with Crippen LogP contribution < -0.4 is 5.73 Å². The Morgan fingerprint density at radius 3 is 2.74 bits per heavy atom. The number of nitrogens with two attached hydrogens (primary N) is 1. The third-order valence-corrected chi connectivity index (χ3v) is 4.78. The van der Waals surface area contributed by atoms with E-state index in [1.807, 2.05) is 0 Å². The van der Waals surface area contributed by atoms with Gasteiger partial charge < -0.3 is 15.6 Å². The van der Waals surface area contributed by atoms with Gasteiger partial charge in [-0.25, -0.2) is 8.42 Å². The molecule has 0 saturated carbocycles. The lowest BCUT2D eigenvalue weighted by Gasteiger charge is -2.20. The summed E-state index contributed by atoms with van der Waals surface area (Å²) in [4.78, 5) is -0.0821. The number of ether oxygens (including phenoxy) is 1. The molecule has 3 N–H and O–H groups in total. The summed E-state index contributed by atoms with van der Waals surface area (Å²) in [7, 11) is -1.02. The molecule has 0 fully saturated rings. The summed E-state index contributed by atoms with van der Waals surface area (Å²) in [6, 6.07) is 4.22. The number of rotatable bonds is 6. The highest BCUT2D eigenvalue weighted by molar-refractivity contribution is 7.89. The van der Waals surface area contributed by atoms with Gasteiger partial charge in [-0.15, -0.1) is 0 Å². The Morgan fingerprint density at radius 2 is 2.16 bits per heavy atom. The largest absolute Gasteiger partial charge is 0.399 e. The zero-order valence-corrected chi connectivity index (χ0v) is 12.3. The minimum atomic E-state index is -3.80. The minimum absolute atomic E-state index is 0.0462. The van der Waals surface area contributed by atoms with Gasteiger partial charge in [0.1, 0.15) is 4.90 Å². The summed E-state index contributed by atoms with van der Waals surface area (Å²) in [5.74, 6) is 0. The van der Waals surface area contributed by atoms with Crippen molar-refractivity contribution in [1.82, 2.24) is 4.31 Å². The number of methoxy groups -OCH3 is 1. The van der Waals surface area contributed by atoms with Crippen LogP contribution in [0.3, 0.4) is 0 Å². The van der Waals surface area contributed by atoms with E-state index in [1.165, 1.54) is 32.4 Å². The van der Waals surface area contributed by atoms with Gasteiger partial charge in [-0.3, -0.25) is 0 Å². The van der Waals surface area contributed by atoms with Gasteiger partial charge in [0.05, 0.1) is 17.7 Å². The highest BCUT2D eigenvalue weighted by atomic mass is 35.5. The summed E-state index contributed by atoms with van der Waals surface area (Å²) >= 11 is 5.87. The number of aliphatic hydroxyl groups excluding tert-OH is 1. The number of sulfonamides is 1. The van der Waals surface area contributed by atoms with Crippen LogP contribution >= 0.6 is 11.6 Å². The van der Waals surface area contributed by atoms with Crippen molar-refractivity contribution in [2.24, 2.45) is 0 Å². The van der Waals surface area contributed by atoms with Crippen LogP contribution in [-0.2, 0) is 14.8 Å². The SMILES string of the molecule is COCC(O)CN(C)S(=O)(=O)c1cc(N)ccc1Cl. The fraction of sp³-hybridized carbons (Fsp3) is 0.455. The van der Waals surface area contributed by atoms with Crippen molar-refractivity contribution in [2.45, 2.75) is 11.0 Å². The zero-order valence-electron chi connectivity index (χ0n) is 10.7. The molecule has 1 unspecified atom stereocenters. The summed E-state index contributed by atoms with van der Waals surface area (Å²) in [5, 5.41) is 9.65. The van der Waals surface area contributed by atoms with Crippen molar-refractivity contribution in [3.8, 4) is 0 Å². The van der Waals surface area contributed by atoms with Gasteiger partial charge in [0.2, 0.25) is 10.0 Å². The molecule has 19 heavy (non-hydrogen) atoms. The second-order valence-electron chi connectivity index (χ2n) is 4.08. The number of likely N-dealkylation sites (N-methyl/N-ethyl adjacent to an activating group) is 1. The number of hydrogen-bond donors (Lipinski definition) is 2. The smallest absolute Gasteiger partial charge is 0.244 e. The van der Waals surface area contributed by atoms with Gasteiger partial charge in [0.15, 0.2) is 0 Å². The molecule has 0 aliphatic carbocycles. The second-order valence-corrected chi connectivity index (χ2v) is 6.51. The number of nitrogens with zero attached hydrogens (tertiary/aromatic N) is 1. The molecule has 1 rings (SSSR count). The van der Waals surface area contributed by atoms with E-state index < -0.39 is 16.1 Å². The van der Waals surface area contributed by atoms with Gasteiger partial charge in [-0.05, 0) is 18.2 Å². The number of hydrogen-bond acceptors (Lipinski definition) is 5. The van der Waals surface area contributed by atoms with Crippen molar-refractivity contribution in [3.05, 3.63) is 23.2 Å². The van der Waals surface area contributed by atoms with E-state index >= 15 is 0 Å². The predicted molar refractivity (Wildman–Crippen MR) is 73.6 cm³/mol. The second kappa shape index (κ2) is 6.53. The molecular weight excluding hydrogens is 292 g/mol. The van der Waals surface area contributed by atoms with Crippen molar-refractivity contribution >= 4 is 27.3 Å². The maximum atomic E-state index is 12.3. The molecular formula is C11H17ClN2O4S. The first-order valence-corrected chi connectivity index (χ1v) is 7.29. The van der Waals surface area contributed by atoms with Crippen molar-refractivity contribution in [3.63, 3.8) is 0 Å². The molecule has 8 heteroatoms. The number of anilines is 1. The molecule has 0 aliphatic rings. The molecule has 0 aromatic heterocycles. The van der Waals surface area contributed by atoms with E-state index in [1.54, 1.807) is 0 Å². The Hall–Kier alpha value is -0.860.